The summed E-state index contributed by atoms with van der Waals surface area (Å²) < 4.78 is 41.5. The lowest BCUT2D eigenvalue weighted by Gasteiger charge is -2.09. The monoisotopic (exact) mass is 282 g/mol. The van der Waals surface area contributed by atoms with Gasteiger partial charge >= 0.3 is 0 Å². The Labute approximate surface area is 109 Å². The van der Waals surface area contributed by atoms with Crippen molar-refractivity contribution >= 4 is 10.0 Å². The summed E-state index contributed by atoms with van der Waals surface area (Å²) in [5, 5.41) is 5.04. The van der Waals surface area contributed by atoms with Gasteiger partial charge in [-0.1, -0.05) is 6.07 Å². The first kappa shape index (κ1) is 13.4. The third-order valence-electron chi connectivity index (χ3n) is 2.34. The number of hydrogen-bond acceptors (Lipinski definition) is 4. The van der Waals surface area contributed by atoms with Crippen LogP contribution in [0.2, 0.25) is 0 Å². The second-order valence-electron chi connectivity index (χ2n) is 3.89. The quantitative estimate of drug-likeness (QED) is 0.933. The van der Waals surface area contributed by atoms with E-state index in [0.29, 0.717) is 0 Å². The van der Waals surface area contributed by atoms with Gasteiger partial charge in [0.2, 0.25) is 15.9 Å². The number of aromatic nitrogens is 1. The SMILES string of the molecule is Cc1ccc(F)c(Oc2ncccc2S(N)(=O)=O)c1. The van der Waals surface area contributed by atoms with Crippen molar-refractivity contribution < 1.29 is 17.5 Å². The lowest BCUT2D eigenvalue weighted by Crippen LogP contribution is -2.13. The molecule has 2 aromatic rings. The van der Waals surface area contributed by atoms with Crippen LogP contribution in [0.5, 0.6) is 11.6 Å². The van der Waals surface area contributed by atoms with Gasteiger partial charge in [-0.05, 0) is 36.8 Å². The number of rotatable bonds is 3. The lowest BCUT2D eigenvalue weighted by atomic mass is 10.2. The zero-order valence-corrected chi connectivity index (χ0v) is 10.8. The number of primary sulfonamides is 1. The normalized spacial score (nSPS) is 11.3. The molecule has 0 radical (unpaired) electrons. The maximum absolute atomic E-state index is 13.6. The van der Waals surface area contributed by atoms with Gasteiger partial charge in [0.15, 0.2) is 11.6 Å². The number of ether oxygens (including phenoxy) is 1. The molecule has 2 rings (SSSR count). The molecule has 0 aliphatic heterocycles. The molecule has 1 aromatic heterocycles. The van der Waals surface area contributed by atoms with Crippen molar-refractivity contribution in [2.24, 2.45) is 5.14 Å². The minimum atomic E-state index is -3.99. The largest absolute Gasteiger partial charge is 0.435 e. The summed E-state index contributed by atoms with van der Waals surface area (Å²) in [5.41, 5.74) is 0.768. The fourth-order valence-corrected chi connectivity index (χ4v) is 2.07. The number of pyridine rings is 1. The molecule has 0 atom stereocenters. The Bertz CT molecular complexity index is 717. The number of nitrogens with two attached hydrogens (primary N) is 1. The van der Waals surface area contributed by atoms with Crippen LogP contribution in [0.3, 0.4) is 0 Å². The van der Waals surface area contributed by atoms with Crippen molar-refractivity contribution in [3.8, 4) is 11.6 Å². The van der Waals surface area contributed by atoms with E-state index in [2.05, 4.69) is 4.98 Å². The fraction of sp³-hybridized carbons (Fsp3) is 0.0833. The molecule has 0 saturated heterocycles. The van der Waals surface area contributed by atoms with Gasteiger partial charge in [-0.2, -0.15) is 0 Å². The molecule has 0 bridgehead atoms. The lowest BCUT2D eigenvalue weighted by molar-refractivity contribution is 0.415. The molecule has 1 aromatic carbocycles. The second kappa shape index (κ2) is 4.94. The van der Waals surface area contributed by atoms with Gasteiger partial charge in [0.05, 0.1) is 0 Å². The summed E-state index contributed by atoms with van der Waals surface area (Å²) >= 11 is 0. The second-order valence-corrected chi connectivity index (χ2v) is 5.42. The highest BCUT2D eigenvalue weighted by Crippen LogP contribution is 2.28. The highest BCUT2D eigenvalue weighted by Gasteiger charge is 2.17. The first-order chi connectivity index (χ1) is 8.88. The smallest absolute Gasteiger partial charge is 0.243 e. The molecule has 100 valence electrons. The summed E-state index contributed by atoms with van der Waals surface area (Å²) in [6, 6.07) is 6.88. The highest BCUT2D eigenvalue weighted by molar-refractivity contribution is 7.89. The summed E-state index contributed by atoms with van der Waals surface area (Å²) in [6.45, 7) is 1.76. The maximum Gasteiger partial charge on any atom is 0.243 e. The molecule has 19 heavy (non-hydrogen) atoms. The van der Waals surface area contributed by atoms with Crippen molar-refractivity contribution in [3.63, 3.8) is 0 Å². The van der Waals surface area contributed by atoms with E-state index < -0.39 is 15.8 Å². The van der Waals surface area contributed by atoms with Gasteiger partial charge in [-0.15, -0.1) is 0 Å². The molecule has 1 heterocycles. The van der Waals surface area contributed by atoms with E-state index in [1.807, 2.05) is 0 Å². The van der Waals surface area contributed by atoms with Crippen molar-refractivity contribution in [2.45, 2.75) is 11.8 Å². The number of halogens is 1. The Balaban J connectivity index is 2.47. The van der Waals surface area contributed by atoms with Crippen molar-refractivity contribution in [1.82, 2.24) is 4.98 Å². The number of nitrogens with zero attached hydrogens (tertiary/aromatic N) is 1. The molecular formula is C12H11FN2O3S. The van der Waals surface area contributed by atoms with Crippen LogP contribution in [-0.4, -0.2) is 13.4 Å². The average molecular weight is 282 g/mol. The molecule has 0 unspecified atom stereocenters. The number of hydrogen-bond donors (Lipinski definition) is 1. The minimum Gasteiger partial charge on any atom is -0.435 e. The molecule has 7 heteroatoms. The Morgan fingerprint density at radius 2 is 2.05 bits per heavy atom. The van der Waals surface area contributed by atoms with Crippen LogP contribution in [-0.2, 0) is 10.0 Å². The van der Waals surface area contributed by atoms with E-state index in [1.54, 1.807) is 13.0 Å². The Hall–Kier alpha value is -1.99. The molecule has 0 saturated carbocycles. The van der Waals surface area contributed by atoms with E-state index in [-0.39, 0.29) is 16.5 Å². The van der Waals surface area contributed by atoms with Crippen LogP contribution in [0.4, 0.5) is 4.39 Å². The van der Waals surface area contributed by atoms with Gasteiger partial charge in [0.25, 0.3) is 0 Å². The van der Waals surface area contributed by atoms with Gasteiger partial charge in [0.1, 0.15) is 4.90 Å². The summed E-state index contributed by atoms with van der Waals surface area (Å²) in [4.78, 5) is 3.47. The third-order valence-corrected chi connectivity index (χ3v) is 3.26. The van der Waals surface area contributed by atoms with Gasteiger partial charge in [-0.3, -0.25) is 0 Å². The standard InChI is InChI=1S/C12H11FN2O3S/c1-8-4-5-9(13)10(7-8)18-12-11(19(14,16)17)3-2-6-15-12/h2-7H,1H3,(H2,14,16,17). The molecule has 5 nitrogen and oxygen atoms in total. The average Bonchev–Trinajstić information content (AvgIpc) is 2.33. The number of sulfonamides is 1. The van der Waals surface area contributed by atoms with Crippen LogP contribution in [0, 0.1) is 12.7 Å². The van der Waals surface area contributed by atoms with Crippen LogP contribution in [0.25, 0.3) is 0 Å². The van der Waals surface area contributed by atoms with E-state index in [4.69, 9.17) is 9.88 Å². The summed E-state index contributed by atoms with van der Waals surface area (Å²) in [7, 11) is -3.99. The first-order valence-electron chi connectivity index (χ1n) is 5.30. The Morgan fingerprint density at radius 1 is 1.32 bits per heavy atom. The van der Waals surface area contributed by atoms with E-state index >= 15 is 0 Å². The third kappa shape index (κ3) is 3.07. The predicted molar refractivity (Wildman–Crippen MR) is 66.8 cm³/mol. The fourth-order valence-electron chi connectivity index (χ4n) is 1.46. The van der Waals surface area contributed by atoms with Crippen LogP contribution in [0.1, 0.15) is 5.56 Å². The summed E-state index contributed by atoms with van der Waals surface area (Å²) in [6.07, 6.45) is 1.33. The number of aryl methyl sites for hydroxylation is 1. The van der Waals surface area contributed by atoms with Gasteiger partial charge < -0.3 is 4.74 Å². The zero-order chi connectivity index (χ0) is 14.0. The molecule has 2 N–H and O–H groups in total. The van der Waals surface area contributed by atoms with Gasteiger partial charge in [-0.25, -0.2) is 22.9 Å². The highest BCUT2D eigenvalue weighted by atomic mass is 32.2. The Morgan fingerprint density at radius 3 is 2.74 bits per heavy atom. The molecule has 0 amide bonds. The molecule has 0 fully saturated rings. The zero-order valence-electron chi connectivity index (χ0n) is 10.00. The van der Waals surface area contributed by atoms with E-state index in [0.717, 1.165) is 5.56 Å². The Kier molecular flexibility index (Phi) is 3.50. The van der Waals surface area contributed by atoms with E-state index in [1.165, 1.54) is 30.5 Å². The van der Waals surface area contributed by atoms with Crippen molar-refractivity contribution in [3.05, 3.63) is 47.9 Å². The first-order valence-corrected chi connectivity index (χ1v) is 6.84. The topological polar surface area (TPSA) is 82.3 Å². The molecule has 0 spiro atoms. The maximum atomic E-state index is 13.6. The van der Waals surface area contributed by atoms with Crippen LogP contribution >= 0.6 is 0 Å². The van der Waals surface area contributed by atoms with Crippen LogP contribution < -0.4 is 9.88 Å². The van der Waals surface area contributed by atoms with Crippen LogP contribution in [0.15, 0.2) is 41.4 Å². The minimum absolute atomic E-state index is 0.108. The van der Waals surface area contributed by atoms with Crippen molar-refractivity contribution in [2.75, 3.05) is 0 Å². The molecular weight excluding hydrogens is 271 g/mol. The number of benzene rings is 1. The predicted octanol–water partition coefficient (Wildman–Crippen LogP) is 1.97. The van der Waals surface area contributed by atoms with Crippen molar-refractivity contribution in [1.29, 1.82) is 0 Å². The summed E-state index contributed by atoms with van der Waals surface area (Å²) in [5.74, 6) is -0.977. The van der Waals surface area contributed by atoms with E-state index in [9.17, 15) is 12.8 Å². The molecule has 0 aliphatic carbocycles. The van der Waals surface area contributed by atoms with Gasteiger partial charge in [0, 0.05) is 6.20 Å². The molecule has 0 aliphatic rings.